The van der Waals surface area contributed by atoms with Gasteiger partial charge in [-0.05, 0) is 56.1 Å². The van der Waals surface area contributed by atoms with E-state index >= 15 is 0 Å². The van der Waals surface area contributed by atoms with Crippen molar-refractivity contribution in [2.75, 3.05) is 19.0 Å². The smallest absolute Gasteiger partial charge is 0.231 e. The molecule has 2 heterocycles. The Morgan fingerprint density at radius 1 is 0.821 bits per heavy atom. The lowest BCUT2D eigenvalue weighted by atomic mass is 10.3. The van der Waals surface area contributed by atoms with E-state index < -0.39 is 5.95 Å². The summed E-state index contributed by atoms with van der Waals surface area (Å²) in [5.41, 5.74) is 2.47. The predicted molar refractivity (Wildman–Crippen MR) is 119 cm³/mol. The second-order valence-electron chi connectivity index (χ2n) is 5.77. The first kappa shape index (κ1) is 21.1. The summed E-state index contributed by atoms with van der Waals surface area (Å²) in [4.78, 5) is 18.1. The largest absolute Gasteiger partial charge is 0.361 e. The number of halogens is 5. The Morgan fingerprint density at radius 2 is 1.32 bits per heavy atom. The number of aromatic nitrogens is 4. The number of benzene rings is 2. The van der Waals surface area contributed by atoms with Crippen LogP contribution >= 0.6 is 55.1 Å². The van der Waals surface area contributed by atoms with E-state index in [9.17, 15) is 4.39 Å². The highest BCUT2D eigenvalue weighted by atomic mass is 79.9. The summed E-state index contributed by atoms with van der Waals surface area (Å²) in [6.45, 7) is 0. The maximum absolute atomic E-state index is 12.7. The molecule has 0 saturated heterocycles. The fourth-order valence-corrected chi connectivity index (χ4v) is 3.27. The van der Waals surface area contributed by atoms with Gasteiger partial charge in [0, 0.05) is 23.0 Å². The molecular weight excluding hydrogens is 536 g/mol. The average Bonchev–Trinajstić information content (AvgIpc) is 2.68. The highest BCUT2D eigenvalue weighted by Crippen LogP contribution is 2.30. The molecular formula is C18H12Br2Cl2FN5. The zero-order valence-electron chi connectivity index (χ0n) is 14.6. The molecule has 0 N–H and O–H groups in total. The van der Waals surface area contributed by atoms with E-state index in [0.29, 0.717) is 25.6 Å². The van der Waals surface area contributed by atoms with Gasteiger partial charge in [0.2, 0.25) is 5.95 Å². The van der Waals surface area contributed by atoms with E-state index in [1.165, 1.54) is 0 Å². The van der Waals surface area contributed by atoms with Crippen LogP contribution in [0.25, 0.3) is 22.1 Å². The molecule has 144 valence electrons. The van der Waals surface area contributed by atoms with E-state index in [2.05, 4.69) is 51.8 Å². The van der Waals surface area contributed by atoms with Crippen LogP contribution in [0.1, 0.15) is 0 Å². The molecule has 0 aliphatic heterocycles. The van der Waals surface area contributed by atoms with Crippen LogP contribution in [0.15, 0.2) is 45.6 Å². The van der Waals surface area contributed by atoms with Gasteiger partial charge in [-0.1, -0.05) is 23.2 Å². The summed E-state index contributed by atoms with van der Waals surface area (Å²) in [7, 11) is 3.84. The molecule has 0 spiro atoms. The number of rotatable bonds is 1. The summed E-state index contributed by atoms with van der Waals surface area (Å²) in [6.07, 6.45) is 2.79. The van der Waals surface area contributed by atoms with Gasteiger partial charge < -0.3 is 4.90 Å². The van der Waals surface area contributed by atoms with Gasteiger partial charge in [0.05, 0.1) is 33.5 Å². The molecule has 0 bridgehead atoms. The fourth-order valence-electron chi connectivity index (χ4n) is 2.23. The predicted octanol–water partition coefficient (Wildman–Crippen LogP) is 6.30. The van der Waals surface area contributed by atoms with Crippen molar-refractivity contribution in [3.05, 3.63) is 61.6 Å². The molecule has 4 aromatic rings. The van der Waals surface area contributed by atoms with Gasteiger partial charge >= 0.3 is 0 Å². The van der Waals surface area contributed by atoms with Crippen LogP contribution in [-0.2, 0) is 0 Å². The molecule has 0 unspecified atom stereocenters. The van der Waals surface area contributed by atoms with Gasteiger partial charge in [0.15, 0.2) is 0 Å². The molecule has 28 heavy (non-hydrogen) atoms. The van der Waals surface area contributed by atoms with Crippen LogP contribution < -0.4 is 4.90 Å². The molecule has 4 rings (SSSR count). The summed E-state index contributed by atoms with van der Waals surface area (Å²) >= 11 is 18.6. The van der Waals surface area contributed by atoms with Crippen LogP contribution in [0.4, 0.5) is 10.2 Å². The van der Waals surface area contributed by atoms with Crippen molar-refractivity contribution in [1.82, 2.24) is 19.9 Å². The fraction of sp³-hybridized carbons (Fsp3) is 0.111. The Morgan fingerprint density at radius 3 is 1.86 bits per heavy atom. The zero-order chi connectivity index (χ0) is 20.4. The first-order valence-electron chi connectivity index (χ1n) is 7.82. The Labute approximate surface area is 187 Å². The molecule has 0 amide bonds. The van der Waals surface area contributed by atoms with Crippen molar-refractivity contribution in [3.63, 3.8) is 0 Å². The van der Waals surface area contributed by atoms with E-state index in [0.717, 1.165) is 27.5 Å². The second-order valence-corrected chi connectivity index (χ2v) is 8.24. The van der Waals surface area contributed by atoms with Gasteiger partial charge in [-0.25, -0.2) is 15.0 Å². The highest BCUT2D eigenvalue weighted by Gasteiger charge is 2.08. The van der Waals surface area contributed by atoms with Gasteiger partial charge in [0.25, 0.3) is 0 Å². The van der Waals surface area contributed by atoms with Gasteiger partial charge in [0.1, 0.15) is 16.9 Å². The van der Waals surface area contributed by atoms with Gasteiger partial charge in [-0.3, -0.25) is 4.98 Å². The Balaban J connectivity index is 0.000000162. The molecule has 2 aromatic carbocycles. The minimum atomic E-state index is -0.632. The second kappa shape index (κ2) is 8.82. The zero-order valence-corrected chi connectivity index (χ0v) is 19.3. The summed E-state index contributed by atoms with van der Waals surface area (Å²) in [6, 6.07) is 7.22. The third-order valence-electron chi connectivity index (χ3n) is 3.63. The Bertz CT molecular complexity index is 1170. The molecule has 0 radical (unpaired) electrons. The number of nitrogens with zero attached hydrogens (tertiary/aromatic N) is 5. The standard InChI is InChI=1S/C10H9BrClN3.C8H3BrClFN2/c1-15(2)8-5-13-7-4-3-6(11)9(12)10(7)14-8;9-4-1-2-5-8(7(4)10)13-6(11)3-12-5/h3-5H,1-2H3;1-3H. The maximum atomic E-state index is 12.7. The Hall–Kier alpha value is -1.61. The number of anilines is 1. The summed E-state index contributed by atoms with van der Waals surface area (Å²) < 4.78 is 14.2. The van der Waals surface area contributed by atoms with Crippen LogP contribution in [0.5, 0.6) is 0 Å². The molecule has 0 aliphatic rings. The van der Waals surface area contributed by atoms with Crippen molar-refractivity contribution in [2.24, 2.45) is 0 Å². The number of fused-ring (bicyclic) bond motifs is 2. The van der Waals surface area contributed by atoms with Crippen molar-refractivity contribution in [1.29, 1.82) is 0 Å². The van der Waals surface area contributed by atoms with Gasteiger partial charge in [-0.2, -0.15) is 4.39 Å². The Kier molecular flexibility index (Phi) is 6.65. The lowest BCUT2D eigenvalue weighted by molar-refractivity contribution is 0.583. The summed E-state index contributed by atoms with van der Waals surface area (Å²) in [5, 5.41) is 0.980. The van der Waals surface area contributed by atoms with Crippen LogP contribution in [0.3, 0.4) is 0 Å². The first-order chi connectivity index (χ1) is 13.3. The summed E-state index contributed by atoms with van der Waals surface area (Å²) in [5.74, 6) is 0.162. The third-order valence-corrected chi connectivity index (χ3v) is 6.17. The molecule has 0 saturated carbocycles. The SMILES string of the molecule is CN(C)c1cnc2ccc(Br)c(Cl)c2n1.Fc1cnc2ccc(Br)c(Cl)c2n1. The molecule has 0 fully saturated rings. The molecule has 5 nitrogen and oxygen atoms in total. The lowest BCUT2D eigenvalue weighted by Gasteiger charge is -2.11. The minimum absolute atomic E-state index is 0.371. The van der Waals surface area contributed by atoms with Crippen LogP contribution in [0, 0.1) is 5.95 Å². The third kappa shape index (κ3) is 4.51. The van der Waals surface area contributed by atoms with E-state index in [-0.39, 0.29) is 0 Å². The quantitative estimate of drug-likeness (QED) is 0.280. The first-order valence-corrected chi connectivity index (χ1v) is 10.2. The topological polar surface area (TPSA) is 54.8 Å². The van der Waals surface area contributed by atoms with Crippen molar-refractivity contribution in [3.8, 4) is 0 Å². The van der Waals surface area contributed by atoms with Crippen LogP contribution in [0.2, 0.25) is 10.0 Å². The highest BCUT2D eigenvalue weighted by molar-refractivity contribution is 9.10. The van der Waals surface area contributed by atoms with Crippen molar-refractivity contribution in [2.45, 2.75) is 0 Å². The van der Waals surface area contributed by atoms with Crippen LogP contribution in [-0.4, -0.2) is 34.0 Å². The maximum Gasteiger partial charge on any atom is 0.231 e. The van der Waals surface area contributed by atoms with E-state index in [4.69, 9.17) is 23.2 Å². The van der Waals surface area contributed by atoms with E-state index in [1.54, 1.807) is 18.3 Å². The van der Waals surface area contributed by atoms with Gasteiger partial charge in [-0.15, -0.1) is 0 Å². The lowest BCUT2D eigenvalue weighted by Crippen LogP contribution is -2.10. The monoisotopic (exact) mass is 545 g/mol. The van der Waals surface area contributed by atoms with Crippen molar-refractivity contribution < 1.29 is 4.39 Å². The number of hydrogen-bond acceptors (Lipinski definition) is 5. The van der Waals surface area contributed by atoms with E-state index in [1.807, 2.05) is 31.1 Å². The van der Waals surface area contributed by atoms with Crippen molar-refractivity contribution >= 4 is 82.9 Å². The number of hydrogen-bond donors (Lipinski definition) is 0. The molecule has 10 heteroatoms. The average molecular weight is 548 g/mol. The molecule has 0 aliphatic carbocycles. The molecule has 0 atom stereocenters. The minimum Gasteiger partial charge on any atom is -0.361 e. The normalized spacial score (nSPS) is 10.7. The molecule has 2 aromatic heterocycles.